The highest BCUT2D eigenvalue weighted by Crippen LogP contribution is 2.22. The number of amides is 2. The molecule has 0 unspecified atom stereocenters. The van der Waals surface area contributed by atoms with Crippen LogP contribution in [0.4, 0.5) is 5.69 Å². The standard InChI is InChI=1S/C23H28N2O3/c1-17(2)28-19-11-9-10-18(16-19)22(26)24-21-13-6-5-12-20(21)23(27)25-14-7-3-4-8-15-25/h5-6,9-13,16-17H,3-4,7-8,14-15H2,1-2H3,(H,24,26). The first-order valence-electron chi connectivity index (χ1n) is 10.0. The number of benzene rings is 2. The van der Waals surface area contributed by atoms with Crippen LogP contribution < -0.4 is 10.1 Å². The number of para-hydroxylation sites is 1. The van der Waals surface area contributed by atoms with Gasteiger partial charge >= 0.3 is 0 Å². The van der Waals surface area contributed by atoms with Crippen LogP contribution in [0.25, 0.3) is 0 Å². The van der Waals surface area contributed by atoms with E-state index in [1.54, 1.807) is 30.3 Å². The number of likely N-dealkylation sites (tertiary alicyclic amines) is 1. The molecule has 148 valence electrons. The maximum absolute atomic E-state index is 13.0. The number of hydrogen-bond donors (Lipinski definition) is 1. The third-order valence-electron chi connectivity index (χ3n) is 4.77. The molecule has 1 aliphatic rings. The highest BCUT2D eigenvalue weighted by atomic mass is 16.5. The molecule has 1 aliphatic heterocycles. The van der Waals surface area contributed by atoms with E-state index in [4.69, 9.17) is 4.74 Å². The Hall–Kier alpha value is -2.82. The van der Waals surface area contributed by atoms with E-state index in [0.29, 0.717) is 22.6 Å². The average Bonchev–Trinajstić information content (AvgIpc) is 2.97. The van der Waals surface area contributed by atoms with Crippen LogP contribution in [-0.2, 0) is 0 Å². The Morgan fingerprint density at radius 1 is 0.964 bits per heavy atom. The molecular weight excluding hydrogens is 352 g/mol. The van der Waals surface area contributed by atoms with Gasteiger partial charge in [-0.15, -0.1) is 0 Å². The van der Waals surface area contributed by atoms with E-state index in [1.807, 2.05) is 36.9 Å². The maximum Gasteiger partial charge on any atom is 0.255 e. The van der Waals surface area contributed by atoms with E-state index in [9.17, 15) is 9.59 Å². The Balaban J connectivity index is 1.77. The van der Waals surface area contributed by atoms with Crippen LogP contribution >= 0.6 is 0 Å². The molecule has 2 aromatic rings. The van der Waals surface area contributed by atoms with E-state index in [1.165, 1.54) is 0 Å². The fourth-order valence-corrected chi connectivity index (χ4v) is 3.40. The molecule has 1 fully saturated rings. The third-order valence-corrected chi connectivity index (χ3v) is 4.77. The summed E-state index contributed by atoms with van der Waals surface area (Å²) in [7, 11) is 0. The summed E-state index contributed by atoms with van der Waals surface area (Å²) >= 11 is 0. The molecule has 0 spiro atoms. The smallest absolute Gasteiger partial charge is 0.255 e. The Kier molecular flexibility index (Phi) is 6.69. The van der Waals surface area contributed by atoms with Crippen molar-refractivity contribution in [2.75, 3.05) is 18.4 Å². The Morgan fingerprint density at radius 3 is 2.39 bits per heavy atom. The number of nitrogens with zero attached hydrogens (tertiary/aromatic N) is 1. The quantitative estimate of drug-likeness (QED) is 0.815. The minimum Gasteiger partial charge on any atom is -0.491 e. The highest BCUT2D eigenvalue weighted by Gasteiger charge is 2.21. The van der Waals surface area contributed by atoms with Gasteiger partial charge in [-0.1, -0.05) is 31.0 Å². The molecular formula is C23H28N2O3. The van der Waals surface area contributed by atoms with Gasteiger partial charge in [-0.25, -0.2) is 0 Å². The number of carbonyl (C=O) groups excluding carboxylic acids is 2. The van der Waals surface area contributed by atoms with Gasteiger partial charge in [-0.2, -0.15) is 0 Å². The number of carbonyl (C=O) groups is 2. The normalized spacial score (nSPS) is 14.5. The lowest BCUT2D eigenvalue weighted by atomic mass is 10.1. The van der Waals surface area contributed by atoms with Gasteiger partial charge in [0, 0.05) is 18.7 Å². The molecule has 2 amide bonds. The van der Waals surface area contributed by atoms with Gasteiger partial charge < -0.3 is 15.0 Å². The minimum absolute atomic E-state index is 0.0188. The second-order valence-electron chi connectivity index (χ2n) is 7.40. The molecule has 0 bridgehead atoms. The van der Waals surface area contributed by atoms with Crippen molar-refractivity contribution in [1.29, 1.82) is 0 Å². The van der Waals surface area contributed by atoms with Crippen molar-refractivity contribution in [3.8, 4) is 5.75 Å². The van der Waals surface area contributed by atoms with Crippen LogP contribution in [0.1, 0.15) is 60.2 Å². The predicted octanol–water partition coefficient (Wildman–Crippen LogP) is 4.74. The zero-order valence-corrected chi connectivity index (χ0v) is 16.6. The first kappa shape index (κ1) is 19.9. The van der Waals surface area contributed by atoms with Crippen LogP contribution in [-0.4, -0.2) is 35.9 Å². The van der Waals surface area contributed by atoms with Crippen LogP contribution in [0.2, 0.25) is 0 Å². The Labute approximate surface area is 166 Å². The topological polar surface area (TPSA) is 58.6 Å². The summed E-state index contributed by atoms with van der Waals surface area (Å²) in [6.45, 7) is 5.43. The van der Waals surface area contributed by atoms with Crippen molar-refractivity contribution in [3.63, 3.8) is 0 Å². The van der Waals surface area contributed by atoms with Crippen LogP contribution in [0, 0.1) is 0 Å². The van der Waals surface area contributed by atoms with Crippen molar-refractivity contribution in [1.82, 2.24) is 4.90 Å². The van der Waals surface area contributed by atoms with Gasteiger partial charge in [0.15, 0.2) is 0 Å². The Bertz CT molecular complexity index is 824. The molecule has 3 rings (SSSR count). The van der Waals surface area contributed by atoms with Gasteiger partial charge in [0.05, 0.1) is 17.4 Å². The van der Waals surface area contributed by atoms with Crippen LogP contribution in [0.15, 0.2) is 48.5 Å². The SMILES string of the molecule is CC(C)Oc1cccc(C(=O)Nc2ccccc2C(=O)N2CCCCCC2)c1. The average molecular weight is 380 g/mol. The second-order valence-corrected chi connectivity index (χ2v) is 7.40. The first-order valence-corrected chi connectivity index (χ1v) is 10.0. The van der Waals surface area contributed by atoms with E-state index in [0.717, 1.165) is 38.8 Å². The molecule has 0 aromatic heterocycles. The van der Waals surface area contributed by atoms with E-state index in [2.05, 4.69) is 5.32 Å². The molecule has 0 radical (unpaired) electrons. The fourth-order valence-electron chi connectivity index (χ4n) is 3.40. The lowest BCUT2D eigenvalue weighted by molar-refractivity contribution is 0.0762. The molecule has 1 heterocycles. The van der Waals surface area contributed by atoms with Crippen molar-refractivity contribution < 1.29 is 14.3 Å². The van der Waals surface area contributed by atoms with E-state index >= 15 is 0 Å². The van der Waals surface area contributed by atoms with Gasteiger partial charge in [-0.05, 0) is 57.0 Å². The summed E-state index contributed by atoms with van der Waals surface area (Å²) in [5.74, 6) is 0.372. The summed E-state index contributed by atoms with van der Waals surface area (Å²) in [5.41, 5.74) is 1.57. The van der Waals surface area contributed by atoms with Gasteiger partial charge in [0.1, 0.15) is 5.75 Å². The van der Waals surface area contributed by atoms with Crippen molar-refractivity contribution in [3.05, 3.63) is 59.7 Å². The molecule has 5 nitrogen and oxygen atoms in total. The molecule has 28 heavy (non-hydrogen) atoms. The number of ether oxygens (including phenoxy) is 1. The third kappa shape index (κ3) is 5.12. The monoisotopic (exact) mass is 380 g/mol. The van der Waals surface area contributed by atoms with Crippen molar-refractivity contribution in [2.45, 2.75) is 45.6 Å². The maximum atomic E-state index is 13.0. The molecule has 0 atom stereocenters. The molecule has 5 heteroatoms. The largest absolute Gasteiger partial charge is 0.491 e. The second kappa shape index (κ2) is 9.40. The molecule has 2 aromatic carbocycles. The van der Waals surface area contributed by atoms with Crippen molar-refractivity contribution >= 4 is 17.5 Å². The fraction of sp³-hybridized carbons (Fsp3) is 0.391. The molecule has 0 aliphatic carbocycles. The van der Waals surface area contributed by atoms with E-state index < -0.39 is 0 Å². The lowest BCUT2D eigenvalue weighted by Gasteiger charge is -2.22. The van der Waals surface area contributed by atoms with E-state index in [-0.39, 0.29) is 17.9 Å². The van der Waals surface area contributed by atoms with Gasteiger partial charge in [-0.3, -0.25) is 9.59 Å². The highest BCUT2D eigenvalue weighted by molar-refractivity contribution is 6.09. The summed E-state index contributed by atoms with van der Waals surface area (Å²) in [6, 6.07) is 14.3. The molecule has 1 saturated heterocycles. The lowest BCUT2D eigenvalue weighted by Crippen LogP contribution is -2.32. The summed E-state index contributed by atoms with van der Waals surface area (Å²) < 4.78 is 5.67. The van der Waals surface area contributed by atoms with Crippen LogP contribution in [0.3, 0.4) is 0 Å². The Morgan fingerprint density at radius 2 is 1.68 bits per heavy atom. The summed E-state index contributed by atoms with van der Waals surface area (Å²) in [4.78, 5) is 27.7. The van der Waals surface area contributed by atoms with Crippen LogP contribution in [0.5, 0.6) is 5.75 Å². The minimum atomic E-state index is -0.259. The zero-order valence-electron chi connectivity index (χ0n) is 16.6. The predicted molar refractivity (Wildman–Crippen MR) is 111 cm³/mol. The molecule has 0 saturated carbocycles. The molecule has 1 N–H and O–H groups in total. The van der Waals surface area contributed by atoms with Crippen molar-refractivity contribution in [2.24, 2.45) is 0 Å². The van der Waals surface area contributed by atoms with Gasteiger partial charge in [0.2, 0.25) is 0 Å². The van der Waals surface area contributed by atoms with Gasteiger partial charge in [0.25, 0.3) is 11.8 Å². The number of rotatable bonds is 5. The number of anilines is 1. The zero-order chi connectivity index (χ0) is 19.9. The number of nitrogens with one attached hydrogen (secondary N) is 1. The summed E-state index contributed by atoms with van der Waals surface area (Å²) in [5, 5.41) is 2.90. The first-order chi connectivity index (χ1) is 13.5. The number of hydrogen-bond acceptors (Lipinski definition) is 3. The summed E-state index contributed by atoms with van der Waals surface area (Å²) in [6.07, 6.45) is 4.42.